The first-order valence-corrected chi connectivity index (χ1v) is 11.3. The molecule has 1 aliphatic carbocycles. The van der Waals surface area contributed by atoms with E-state index in [1.54, 1.807) is 0 Å². The lowest BCUT2D eigenvalue weighted by atomic mass is 9.46. The van der Waals surface area contributed by atoms with Crippen molar-refractivity contribution < 1.29 is 87.8 Å². The minimum absolute atomic E-state index is 3.01. The number of hydrogen-bond donors (Lipinski definition) is 0. The summed E-state index contributed by atoms with van der Waals surface area (Å²) in [5.74, 6) is -65.6. The summed E-state index contributed by atoms with van der Waals surface area (Å²) >= 11 is 0. The maximum atomic E-state index is 17.6. The fourth-order valence-corrected chi connectivity index (χ4v) is 5.41. The molecule has 46 heavy (non-hydrogen) atoms. The minimum Gasteiger partial charge on any atom is -0.231 e. The minimum atomic E-state index is -6.08. The van der Waals surface area contributed by atoms with Gasteiger partial charge in [-0.2, -0.15) is 0 Å². The molecular weight excluding hydrogens is 692 g/mol. The largest absolute Gasteiger partial charge is 0.231 e. The average Bonchev–Trinajstić information content (AvgIpc) is 3.02. The molecule has 0 N–H and O–H groups in total. The zero-order valence-corrected chi connectivity index (χ0v) is 20.6. The maximum absolute atomic E-state index is 17.6. The molecule has 0 bridgehead atoms. The number of hydrogen-bond acceptors (Lipinski definition) is 0. The first-order chi connectivity index (χ1) is 21.2. The van der Waals surface area contributed by atoms with Gasteiger partial charge in [0, 0.05) is 22.3 Å². The summed E-state index contributed by atoms with van der Waals surface area (Å²) in [5.41, 5.74) is -28.3. The Bertz CT molecular complexity index is 1910. The summed E-state index contributed by atoms with van der Waals surface area (Å²) in [7, 11) is 0. The number of fused-ring (bicyclic) bond motifs is 1. The van der Waals surface area contributed by atoms with Crippen LogP contribution in [0.25, 0.3) is 0 Å². The fraction of sp³-hybridized carbons (Fsp3) is 0.0769. The van der Waals surface area contributed by atoms with Crippen molar-refractivity contribution >= 4 is 0 Å². The van der Waals surface area contributed by atoms with E-state index in [9.17, 15) is 48.3 Å². The highest BCUT2D eigenvalue weighted by molar-refractivity contribution is 5.73. The Morgan fingerprint density at radius 1 is 0.196 bits per heavy atom. The van der Waals surface area contributed by atoms with E-state index >= 15 is 39.5 Å². The number of rotatable bonds is 3. The Kier molecular flexibility index (Phi) is 7.14. The monoisotopic (exact) mass is 692 g/mol. The van der Waals surface area contributed by atoms with Crippen LogP contribution in [0.15, 0.2) is 0 Å². The molecule has 1 unspecified atom stereocenters. The zero-order valence-electron chi connectivity index (χ0n) is 20.6. The van der Waals surface area contributed by atoms with Crippen molar-refractivity contribution in [3.8, 4) is 0 Å². The Morgan fingerprint density at radius 2 is 0.370 bits per heavy atom. The summed E-state index contributed by atoms with van der Waals surface area (Å²) in [6, 6.07) is 0. The molecule has 0 saturated heterocycles. The van der Waals surface area contributed by atoms with Crippen LogP contribution in [0.4, 0.5) is 87.8 Å². The first kappa shape index (κ1) is 32.9. The van der Waals surface area contributed by atoms with Crippen LogP contribution < -0.4 is 0 Å². The van der Waals surface area contributed by atoms with Gasteiger partial charge in [-0.15, -0.1) is 0 Å². The van der Waals surface area contributed by atoms with Gasteiger partial charge >= 0.3 is 0 Å². The molecule has 4 aromatic rings. The Labute approximate surface area is 238 Å². The second-order valence-electron chi connectivity index (χ2n) is 9.25. The highest BCUT2D eigenvalue weighted by Gasteiger charge is 2.76. The van der Waals surface area contributed by atoms with Gasteiger partial charge in [0.25, 0.3) is 0 Å². The van der Waals surface area contributed by atoms with Crippen LogP contribution in [0, 0.1) is 111 Å². The topological polar surface area (TPSA) is 0 Å². The Balaban J connectivity index is 2.30. The number of halogens is 20. The van der Waals surface area contributed by atoms with Crippen LogP contribution >= 0.6 is 0 Å². The Hall–Kier alpha value is -4.52. The van der Waals surface area contributed by atoms with Gasteiger partial charge in [-0.1, -0.05) is 0 Å². The van der Waals surface area contributed by atoms with E-state index in [0.717, 1.165) is 0 Å². The predicted molar refractivity (Wildman–Crippen MR) is 107 cm³/mol. The lowest BCUT2D eigenvalue weighted by Gasteiger charge is -2.56. The lowest BCUT2D eigenvalue weighted by Crippen LogP contribution is -2.62. The molecule has 0 aliphatic heterocycles. The van der Waals surface area contributed by atoms with Crippen molar-refractivity contribution in [2.24, 2.45) is 0 Å². The summed E-state index contributed by atoms with van der Waals surface area (Å²) in [4.78, 5) is 0. The van der Waals surface area contributed by atoms with Gasteiger partial charge in [0.1, 0.15) is 5.41 Å². The van der Waals surface area contributed by atoms with Gasteiger partial charge in [0.15, 0.2) is 98.7 Å². The van der Waals surface area contributed by atoms with Gasteiger partial charge in [-0.05, 0) is 0 Å². The third-order valence-electron chi connectivity index (χ3n) is 7.23. The van der Waals surface area contributed by atoms with Crippen molar-refractivity contribution in [1.82, 2.24) is 0 Å². The fourth-order valence-electron chi connectivity index (χ4n) is 5.41. The van der Waals surface area contributed by atoms with Crippen LogP contribution in [0.2, 0.25) is 0 Å². The van der Waals surface area contributed by atoms with Gasteiger partial charge in [0.05, 0.1) is 5.56 Å². The van der Waals surface area contributed by atoms with Crippen molar-refractivity contribution in [3.05, 3.63) is 138 Å². The van der Waals surface area contributed by atoms with Gasteiger partial charge in [-0.3, -0.25) is 0 Å². The van der Waals surface area contributed by atoms with Crippen molar-refractivity contribution in [2.45, 2.75) is 11.1 Å². The molecule has 1 aliphatic rings. The molecule has 0 radical (unpaired) electrons. The van der Waals surface area contributed by atoms with Gasteiger partial charge in [0.2, 0.25) is 17.5 Å². The van der Waals surface area contributed by atoms with Crippen LogP contribution in [0.5, 0.6) is 0 Å². The molecule has 0 saturated carbocycles. The molecule has 0 nitrogen and oxygen atoms in total. The molecule has 0 heterocycles. The van der Waals surface area contributed by atoms with E-state index in [4.69, 9.17) is 0 Å². The van der Waals surface area contributed by atoms with Crippen molar-refractivity contribution in [3.63, 3.8) is 0 Å². The average molecular weight is 692 g/mol. The molecule has 0 fully saturated rings. The summed E-state index contributed by atoms with van der Waals surface area (Å²) in [6.45, 7) is 0. The molecule has 0 aromatic heterocycles. The third kappa shape index (κ3) is 3.43. The van der Waals surface area contributed by atoms with Crippen LogP contribution in [0.3, 0.4) is 0 Å². The predicted octanol–water partition coefficient (Wildman–Crippen LogP) is 8.89. The van der Waals surface area contributed by atoms with Crippen LogP contribution in [-0.4, -0.2) is 0 Å². The van der Waals surface area contributed by atoms with Crippen LogP contribution in [-0.2, 0) is 11.1 Å². The van der Waals surface area contributed by atoms with E-state index in [1.165, 1.54) is 0 Å². The molecule has 20 heteroatoms. The molecular formula is C26F20. The number of benzene rings is 4. The smallest absolute Gasteiger partial charge is 0.200 e. The summed E-state index contributed by atoms with van der Waals surface area (Å²) in [5, 5.41) is 0. The van der Waals surface area contributed by atoms with Gasteiger partial charge in [-0.25, -0.2) is 87.8 Å². The van der Waals surface area contributed by atoms with Crippen molar-refractivity contribution in [2.75, 3.05) is 0 Å². The summed E-state index contributed by atoms with van der Waals surface area (Å²) < 4.78 is 296. The van der Waals surface area contributed by atoms with E-state index < -0.39 is 149 Å². The standard InChI is InChI=1S/C26F20/c27-6-1-2(7(28)15(36)14(6)35)26(46,5-12(33)20(41)24(45)21(42)13(5)34)25(1,3-8(29)16(37)22(43)17(38)9(3)30)4-10(31)18(39)23(44)19(40)11(4)32. The summed E-state index contributed by atoms with van der Waals surface area (Å²) in [6.07, 6.45) is 0. The third-order valence-corrected chi connectivity index (χ3v) is 7.23. The van der Waals surface area contributed by atoms with E-state index in [2.05, 4.69) is 0 Å². The maximum Gasteiger partial charge on any atom is 0.200 e. The second-order valence-corrected chi connectivity index (χ2v) is 9.25. The number of alkyl halides is 1. The van der Waals surface area contributed by atoms with E-state index in [0.29, 0.717) is 0 Å². The Morgan fingerprint density at radius 3 is 0.630 bits per heavy atom. The highest BCUT2D eigenvalue weighted by atomic mass is 19.2. The second kappa shape index (κ2) is 9.99. The molecule has 0 amide bonds. The first-order valence-electron chi connectivity index (χ1n) is 11.3. The van der Waals surface area contributed by atoms with E-state index in [-0.39, 0.29) is 0 Å². The highest BCUT2D eigenvalue weighted by Crippen LogP contribution is 2.70. The molecule has 244 valence electrons. The molecule has 4 aromatic carbocycles. The van der Waals surface area contributed by atoms with Gasteiger partial charge < -0.3 is 0 Å². The molecule has 0 spiro atoms. The van der Waals surface area contributed by atoms with Crippen LogP contribution in [0.1, 0.15) is 27.8 Å². The molecule has 5 rings (SSSR count). The quantitative estimate of drug-likeness (QED) is 0.114. The SMILES string of the molecule is Fc1c(F)c(F)c(C2(F)c3c(F)c(F)c(F)c(F)c3C2(c2c(F)c(F)c(F)c(F)c2F)c2c(F)c(F)c(F)c(F)c2F)c(F)c1F. The lowest BCUT2D eigenvalue weighted by molar-refractivity contribution is 0.0643. The van der Waals surface area contributed by atoms with Crippen molar-refractivity contribution in [1.29, 1.82) is 0 Å². The molecule has 1 atom stereocenters. The zero-order chi connectivity index (χ0) is 34.9. The van der Waals surface area contributed by atoms with E-state index in [1.807, 2.05) is 0 Å². The normalized spacial score (nSPS) is 17.0.